The van der Waals surface area contributed by atoms with Gasteiger partial charge in [0.2, 0.25) is 5.91 Å². The molecule has 0 aliphatic carbocycles. The summed E-state index contributed by atoms with van der Waals surface area (Å²) in [6, 6.07) is 0.00634. The average molecular weight is 304 g/mol. The molecule has 3 heterocycles. The van der Waals surface area contributed by atoms with Gasteiger partial charge in [-0.2, -0.15) is 0 Å². The van der Waals surface area contributed by atoms with Gasteiger partial charge in [0.25, 0.3) is 5.56 Å². The Morgan fingerprint density at radius 3 is 2.95 bits per heavy atom. The van der Waals surface area contributed by atoms with Gasteiger partial charge in [-0.25, -0.2) is 4.98 Å². The zero-order chi connectivity index (χ0) is 15.7. The van der Waals surface area contributed by atoms with Crippen LogP contribution in [0.1, 0.15) is 37.4 Å². The fourth-order valence-corrected chi connectivity index (χ4v) is 3.57. The number of hydrogen-bond acceptors (Lipinski definition) is 4. The molecule has 1 saturated heterocycles. The first-order valence-electron chi connectivity index (χ1n) is 8.18. The molecule has 6 nitrogen and oxygen atoms in total. The summed E-state index contributed by atoms with van der Waals surface area (Å²) in [5, 5.41) is 0. The third-order valence-corrected chi connectivity index (χ3v) is 4.90. The minimum absolute atomic E-state index is 0.00634. The lowest BCUT2D eigenvalue weighted by atomic mass is 9.99. The van der Waals surface area contributed by atoms with Crippen LogP contribution >= 0.6 is 0 Å². The van der Waals surface area contributed by atoms with Crippen LogP contribution in [0, 0.1) is 0 Å². The maximum absolute atomic E-state index is 12.9. The lowest BCUT2D eigenvalue weighted by Crippen LogP contribution is -2.52. The molecule has 1 atom stereocenters. The number of amides is 1. The molecular weight excluding hydrogens is 280 g/mol. The maximum Gasteiger partial charge on any atom is 0.256 e. The van der Waals surface area contributed by atoms with Gasteiger partial charge in [-0.05, 0) is 32.4 Å². The van der Waals surface area contributed by atoms with Gasteiger partial charge in [-0.1, -0.05) is 13.3 Å². The molecule has 0 bridgehead atoms. The summed E-state index contributed by atoms with van der Waals surface area (Å²) in [5.74, 6) is 0.203. The van der Waals surface area contributed by atoms with Crippen molar-refractivity contribution in [3.05, 3.63) is 27.9 Å². The van der Waals surface area contributed by atoms with Crippen LogP contribution in [0.5, 0.6) is 0 Å². The van der Waals surface area contributed by atoms with Gasteiger partial charge < -0.3 is 9.47 Å². The van der Waals surface area contributed by atoms with Gasteiger partial charge in [0.15, 0.2) is 0 Å². The number of nitrogens with zero attached hydrogens (tertiary/aromatic N) is 4. The normalized spacial score (nSPS) is 22.5. The molecule has 120 valence electrons. The molecule has 0 N–H and O–H groups in total. The Morgan fingerprint density at radius 2 is 2.18 bits per heavy atom. The first kappa shape index (κ1) is 15.2. The zero-order valence-corrected chi connectivity index (χ0v) is 13.4. The summed E-state index contributed by atoms with van der Waals surface area (Å²) in [7, 11) is 1.72. The smallest absolute Gasteiger partial charge is 0.256 e. The molecule has 6 heteroatoms. The van der Waals surface area contributed by atoms with E-state index < -0.39 is 0 Å². The molecule has 1 amide bonds. The van der Waals surface area contributed by atoms with E-state index in [0.29, 0.717) is 19.5 Å². The third-order valence-electron chi connectivity index (χ3n) is 4.90. The molecule has 1 aromatic rings. The number of likely N-dealkylation sites (N-methyl/N-ethyl adjacent to an activating group) is 1. The Balaban J connectivity index is 1.78. The van der Waals surface area contributed by atoms with Crippen LogP contribution in [0.3, 0.4) is 0 Å². The molecule has 0 unspecified atom stereocenters. The predicted octanol–water partition coefficient (Wildman–Crippen LogP) is 0.539. The first-order chi connectivity index (χ1) is 10.6. The SMILES string of the molecule is CCN1CCCC[C@@H]1C(=O)N1CCc2c(ncn(C)c2=O)C1. The van der Waals surface area contributed by atoms with Gasteiger partial charge in [-0.3, -0.25) is 14.5 Å². The third kappa shape index (κ3) is 2.67. The Labute approximate surface area is 130 Å². The van der Waals surface area contributed by atoms with E-state index in [2.05, 4.69) is 16.8 Å². The largest absolute Gasteiger partial charge is 0.335 e. The van der Waals surface area contributed by atoms with Crippen LogP contribution in [0.4, 0.5) is 0 Å². The minimum atomic E-state index is 0.00634. The Kier molecular flexibility index (Phi) is 4.29. The standard InChI is InChI=1S/C16H24N4O2/c1-3-19-8-5-4-6-14(19)16(22)20-9-7-12-13(10-20)17-11-18(2)15(12)21/h11,14H,3-10H2,1-2H3/t14-/m1/s1. The van der Waals surface area contributed by atoms with E-state index in [1.165, 1.54) is 11.0 Å². The lowest BCUT2D eigenvalue weighted by Gasteiger charge is -2.38. The fourth-order valence-electron chi connectivity index (χ4n) is 3.57. The van der Waals surface area contributed by atoms with Crippen LogP contribution in [0.15, 0.2) is 11.1 Å². The molecule has 3 rings (SSSR count). The van der Waals surface area contributed by atoms with E-state index >= 15 is 0 Å². The highest BCUT2D eigenvalue weighted by molar-refractivity contribution is 5.82. The number of aryl methyl sites for hydroxylation is 1. The number of carbonyl (C=O) groups is 1. The highest BCUT2D eigenvalue weighted by Crippen LogP contribution is 2.21. The number of piperidine rings is 1. The topological polar surface area (TPSA) is 58.4 Å². The van der Waals surface area contributed by atoms with Crippen molar-refractivity contribution in [3.8, 4) is 0 Å². The van der Waals surface area contributed by atoms with Crippen molar-refractivity contribution in [1.82, 2.24) is 19.4 Å². The Morgan fingerprint density at radius 1 is 1.36 bits per heavy atom. The number of fused-ring (bicyclic) bond motifs is 1. The number of carbonyl (C=O) groups excluding carboxylic acids is 1. The van der Waals surface area contributed by atoms with Crippen molar-refractivity contribution in [1.29, 1.82) is 0 Å². The molecular formula is C16H24N4O2. The van der Waals surface area contributed by atoms with Crippen LogP contribution in [0.25, 0.3) is 0 Å². The van der Waals surface area contributed by atoms with E-state index in [1.807, 2.05) is 4.90 Å². The Bertz CT molecular complexity index is 625. The number of likely N-dealkylation sites (tertiary alicyclic amines) is 1. The van der Waals surface area contributed by atoms with E-state index in [4.69, 9.17) is 0 Å². The highest BCUT2D eigenvalue weighted by Gasteiger charge is 2.33. The van der Waals surface area contributed by atoms with Crippen LogP contribution in [-0.2, 0) is 24.8 Å². The van der Waals surface area contributed by atoms with Crippen molar-refractivity contribution in [3.63, 3.8) is 0 Å². The lowest BCUT2D eigenvalue weighted by molar-refractivity contribution is -0.139. The van der Waals surface area contributed by atoms with Crippen LogP contribution in [-0.4, -0.2) is 50.9 Å². The number of rotatable bonds is 2. The summed E-state index contributed by atoms with van der Waals surface area (Å²) < 4.78 is 1.51. The molecule has 22 heavy (non-hydrogen) atoms. The molecule has 1 fully saturated rings. The van der Waals surface area contributed by atoms with Crippen molar-refractivity contribution >= 4 is 5.91 Å². The average Bonchev–Trinajstić information content (AvgIpc) is 2.57. The van der Waals surface area contributed by atoms with Gasteiger partial charge in [0.1, 0.15) is 0 Å². The predicted molar refractivity (Wildman–Crippen MR) is 83.5 cm³/mol. The van der Waals surface area contributed by atoms with Gasteiger partial charge >= 0.3 is 0 Å². The van der Waals surface area contributed by atoms with Crippen molar-refractivity contribution in [2.45, 2.75) is 45.2 Å². The zero-order valence-electron chi connectivity index (χ0n) is 13.4. The second-order valence-corrected chi connectivity index (χ2v) is 6.24. The van der Waals surface area contributed by atoms with E-state index in [-0.39, 0.29) is 17.5 Å². The molecule has 2 aliphatic rings. The minimum Gasteiger partial charge on any atom is -0.335 e. The molecule has 1 aromatic heterocycles. The van der Waals surface area contributed by atoms with Crippen LogP contribution in [0.2, 0.25) is 0 Å². The summed E-state index contributed by atoms with van der Waals surface area (Å²) in [4.78, 5) is 33.5. The summed E-state index contributed by atoms with van der Waals surface area (Å²) in [6.07, 6.45) is 5.41. The quantitative estimate of drug-likeness (QED) is 0.800. The van der Waals surface area contributed by atoms with E-state index in [9.17, 15) is 9.59 Å². The van der Waals surface area contributed by atoms with Crippen molar-refractivity contribution in [2.24, 2.45) is 7.05 Å². The van der Waals surface area contributed by atoms with Crippen molar-refractivity contribution < 1.29 is 4.79 Å². The molecule has 0 saturated carbocycles. The number of hydrogen-bond donors (Lipinski definition) is 0. The second-order valence-electron chi connectivity index (χ2n) is 6.24. The maximum atomic E-state index is 12.9. The van der Waals surface area contributed by atoms with Crippen molar-refractivity contribution in [2.75, 3.05) is 19.6 Å². The molecule has 0 radical (unpaired) electrons. The summed E-state index contributed by atoms with van der Waals surface area (Å²) >= 11 is 0. The van der Waals surface area contributed by atoms with E-state index in [1.54, 1.807) is 13.4 Å². The summed E-state index contributed by atoms with van der Waals surface area (Å²) in [5.41, 5.74) is 1.55. The Hall–Kier alpha value is -1.69. The van der Waals surface area contributed by atoms with Gasteiger partial charge in [0, 0.05) is 19.2 Å². The molecule has 0 aromatic carbocycles. The van der Waals surface area contributed by atoms with Crippen LogP contribution < -0.4 is 5.56 Å². The van der Waals surface area contributed by atoms with Gasteiger partial charge in [-0.15, -0.1) is 0 Å². The number of aromatic nitrogens is 2. The van der Waals surface area contributed by atoms with E-state index in [0.717, 1.165) is 37.2 Å². The summed E-state index contributed by atoms with van der Waals surface area (Å²) in [6.45, 7) is 5.14. The molecule has 0 spiro atoms. The fraction of sp³-hybridized carbons (Fsp3) is 0.688. The molecule has 2 aliphatic heterocycles. The second kappa shape index (κ2) is 6.20. The van der Waals surface area contributed by atoms with Gasteiger partial charge in [0.05, 0.1) is 24.6 Å². The monoisotopic (exact) mass is 304 g/mol. The highest BCUT2D eigenvalue weighted by atomic mass is 16.2. The first-order valence-corrected chi connectivity index (χ1v) is 8.18.